The van der Waals surface area contributed by atoms with E-state index in [1.165, 1.54) is 0 Å². The Kier molecular flexibility index (Phi) is 6.08. The van der Waals surface area contributed by atoms with Crippen LogP contribution in [-0.2, 0) is 6.58 Å². The van der Waals surface area contributed by atoms with Crippen LogP contribution in [0.25, 0.3) is 11.3 Å². The van der Waals surface area contributed by atoms with E-state index in [1.54, 1.807) is 36.4 Å². The lowest BCUT2D eigenvalue weighted by molar-refractivity contribution is 0.0697. The first-order chi connectivity index (χ1) is 18.3. The van der Waals surface area contributed by atoms with E-state index in [4.69, 9.17) is 50.5 Å². The number of benzene rings is 3. The van der Waals surface area contributed by atoms with Crippen LogP contribution in [0.3, 0.4) is 0 Å². The number of rotatable bonds is 8. The van der Waals surface area contributed by atoms with E-state index in [9.17, 15) is 4.79 Å². The van der Waals surface area contributed by atoms with Gasteiger partial charge in [0.15, 0.2) is 0 Å². The molecule has 0 radical (unpaired) electrons. The molecule has 1 N–H and O–H groups in total. The maximum Gasteiger partial charge on any atom is 0.335 e. The van der Waals surface area contributed by atoms with Gasteiger partial charge in [-0.1, -0.05) is 64.2 Å². The van der Waals surface area contributed by atoms with Gasteiger partial charge in [-0.2, -0.15) is 0 Å². The van der Waals surface area contributed by atoms with Crippen LogP contribution >= 0.6 is 34.8 Å². The highest BCUT2D eigenvalue weighted by atomic mass is 35.5. The van der Waals surface area contributed by atoms with E-state index in [-0.39, 0.29) is 23.3 Å². The summed E-state index contributed by atoms with van der Waals surface area (Å²) in [5.74, 6) is 0.882. The van der Waals surface area contributed by atoms with Gasteiger partial charge in [-0.25, -0.2) is 4.79 Å². The molecule has 3 atom stereocenters. The van der Waals surface area contributed by atoms with Gasteiger partial charge in [0.25, 0.3) is 0 Å². The number of nitrogens with zero attached hydrogens (tertiary/aromatic N) is 1. The van der Waals surface area contributed by atoms with E-state index in [1.807, 2.05) is 24.3 Å². The smallest absolute Gasteiger partial charge is 0.335 e. The van der Waals surface area contributed by atoms with Gasteiger partial charge in [-0.05, 0) is 78.6 Å². The summed E-state index contributed by atoms with van der Waals surface area (Å²) in [4.78, 5) is 11.1. The fraction of sp³-hybridized carbons (Fsp3) is 0.241. The van der Waals surface area contributed by atoms with Gasteiger partial charge >= 0.3 is 5.97 Å². The summed E-state index contributed by atoms with van der Waals surface area (Å²) in [6.45, 7) is -1.12. The highest BCUT2D eigenvalue weighted by Gasteiger charge is 2.40. The van der Waals surface area contributed by atoms with E-state index < -0.39 is 12.6 Å². The predicted octanol–water partition coefficient (Wildman–Crippen LogP) is 8.73. The first-order valence-corrected chi connectivity index (χ1v) is 13.1. The molecule has 1 heterocycles. The Morgan fingerprint density at radius 2 is 1.76 bits per heavy atom. The normalized spacial score (nSPS) is 19.8. The van der Waals surface area contributed by atoms with Crippen molar-refractivity contribution in [2.75, 3.05) is 0 Å². The Bertz CT molecular complexity index is 1510. The van der Waals surface area contributed by atoms with Gasteiger partial charge in [-0.15, -0.1) is 0 Å². The van der Waals surface area contributed by atoms with Crippen molar-refractivity contribution in [2.24, 2.45) is 0 Å². The Morgan fingerprint density at radius 1 is 1.03 bits per heavy atom. The Balaban J connectivity index is 1.23. The molecule has 0 bridgehead atoms. The van der Waals surface area contributed by atoms with Gasteiger partial charge in [-0.3, -0.25) is 0 Å². The van der Waals surface area contributed by atoms with Crippen LogP contribution < -0.4 is 4.74 Å². The second-order valence-corrected chi connectivity index (χ2v) is 10.7. The fourth-order valence-electron chi connectivity index (χ4n) is 4.76. The van der Waals surface area contributed by atoms with Crippen LogP contribution in [0.15, 0.2) is 65.2 Å². The number of hydrogen-bond donors (Lipinski definition) is 1. The molecule has 5 nitrogen and oxygen atoms in total. The lowest BCUT2D eigenvalue weighted by Crippen LogP contribution is -2.00. The number of hydrogen-bond acceptors (Lipinski definition) is 4. The number of aromatic nitrogens is 1. The van der Waals surface area contributed by atoms with Crippen LogP contribution in [0.2, 0.25) is 15.1 Å². The molecule has 0 saturated heterocycles. The van der Waals surface area contributed by atoms with Crippen molar-refractivity contribution in [3.05, 3.63) is 104 Å². The van der Waals surface area contributed by atoms with Gasteiger partial charge < -0.3 is 14.4 Å². The van der Waals surface area contributed by atoms with Crippen molar-refractivity contribution < 1.29 is 20.5 Å². The maximum absolute atomic E-state index is 11.1. The Labute approximate surface area is 230 Å². The summed E-state index contributed by atoms with van der Waals surface area (Å²) in [6, 6.07) is 17.7. The first kappa shape index (κ1) is 23.2. The fourth-order valence-corrected chi connectivity index (χ4v) is 5.64. The van der Waals surface area contributed by atoms with Crippen LogP contribution in [0.4, 0.5) is 0 Å². The highest BCUT2D eigenvalue weighted by Crippen LogP contribution is 2.56. The summed E-state index contributed by atoms with van der Waals surface area (Å²) < 4.78 is 20.6. The zero-order valence-corrected chi connectivity index (χ0v) is 21.7. The van der Waals surface area contributed by atoms with Crippen molar-refractivity contribution in [1.82, 2.24) is 5.16 Å². The number of aromatic carboxylic acids is 1. The quantitative estimate of drug-likeness (QED) is 0.235. The van der Waals surface area contributed by atoms with Crippen molar-refractivity contribution >= 4 is 40.8 Å². The average Bonchev–Trinajstić information content (AvgIpc) is 3.82. The molecule has 2 aliphatic rings. The minimum atomic E-state index is -1.12. The van der Waals surface area contributed by atoms with Crippen molar-refractivity contribution in [3.8, 4) is 17.0 Å². The third-order valence-corrected chi connectivity index (χ3v) is 7.92. The monoisotopic (exact) mass is 554 g/mol. The predicted molar refractivity (Wildman–Crippen MR) is 143 cm³/mol. The van der Waals surface area contributed by atoms with Crippen LogP contribution in [0.1, 0.15) is 71.2 Å². The van der Waals surface area contributed by atoms with Crippen molar-refractivity contribution in [3.63, 3.8) is 0 Å². The van der Waals surface area contributed by atoms with Crippen molar-refractivity contribution in [1.29, 1.82) is 0 Å². The van der Waals surface area contributed by atoms with E-state index in [0.717, 1.165) is 30.4 Å². The van der Waals surface area contributed by atoms with E-state index in [0.29, 0.717) is 43.4 Å². The SMILES string of the molecule is [2H]C(Oc1ccc(C2CC2c2ccc(C(=O)O)cc2)c(Cl)c1)c1c(-c2c(Cl)cccc2Cl)noc1C1CC1. The van der Waals surface area contributed by atoms with Gasteiger partial charge in [0.05, 0.1) is 22.5 Å². The summed E-state index contributed by atoms with van der Waals surface area (Å²) in [5.41, 5.74) is 3.82. The molecular formula is C29H22Cl3NO4. The molecule has 4 aromatic rings. The molecule has 3 aromatic carbocycles. The van der Waals surface area contributed by atoms with E-state index in [2.05, 4.69) is 5.16 Å². The molecule has 188 valence electrons. The molecule has 6 rings (SSSR count). The molecule has 37 heavy (non-hydrogen) atoms. The molecule has 1 aromatic heterocycles. The second-order valence-electron chi connectivity index (χ2n) is 9.47. The lowest BCUT2D eigenvalue weighted by Gasteiger charge is -2.11. The average molecular weight is 556 g/mol. The molecule has 8 heteroatoms. The lowest BCUT2D eigenvalue weighted by atomic mass is 10.0. The third-order valence-electron chi connectivity index (χ3n) is 6.96. The van der Waals surface area contributed by atoms with Crippen LogP contribution in [0.5, 0.6) is 5.75 Å². The molecule has 0 spiro atoms. The molecule has 2 fully saturated rings. The molecule has 0 aliphatic heterocycles. The standard InChI is InChI=1S/C29H22Cl3NO4/c30-23-2-1-3-24(31)26(23)27-22(28(37-33-27)16-6-7-16)14-36-18-10-11-19(25(32)12-18)21-13-20(21)15-4-8-17(9-5-15)29(34)35/h1-5,8-12,16,20-21H,6-7,13-14H2,(H,34,35)/i14D. The number of carbonyl (C=O) groups is 1. The first-order valence-electron chi connectivity index (χ1n) is 12.5. The van der Waals surface area contributed by atoms with Crippen LogP contribution in [0, 0.1) is 0 Å². The minimum absolute atomic E-state index is 0.200. The minimum Gasteiger partial charge on any atom is -0.489 e. The zero-order chi connectivity index (χ0) is 26.6. The number of carboxylic acid groups (broad SMARTS) is 1. The zero-order valence-electron chi connectivity index (χ0n) is 20.5. The number of carboxylic acids is 1. The highest BCUT2D eigenvalue weighted by molar-refractivity contribution is 6.39. The van der Waals surface area contributed by atoms with E-state index >= 15 is 0 Å². The third kappa shape index (κ3) is 4.84. The number of ether oxygens (including phenoxy) is 1. The molecule has 0 amide bonds. The molecular weight excluding hydrogens is 533 g/mol. The summed E-state index contributed by atoms with van der Waals surface area (Å²) in [6.07, 6.45) is 2.86. The van der Waals surface area contributed by atoms with Crippen molar-refractivity contribution in [2.45, 2.75) is 43.6 Å². The van der Waals surface area contributed by atoms with Gasteiger partial charge in [0, 0.05) is 16.5 Å². The maximum atomic E-state index is 11.1. The number of halogens is 3. The second kappa shape index (κ2) is 9.71. The van der Waals surface area contributed by atoms with Gasteiger partial charge in [0.2, 0.25) is 0 Å². The summed E-state index contributed by atoms with van der Waals surface area (Å²) >= 11 is 19.6. The summed E-state index contributed by atoms with van der Waals surface area (Å²) in [5, 5.41) is 14.8. The molecule has 3 unspecified atom stereocenters. The van der Waals surface area contributed by atoms with Gasteiger partial charge in [0.1, 0.15) is 23.8 Å². The largest absolute Gasteiger partial charge is 0.489 e. The Morgan fingerprint density at radius 3 is 2.41 bits per heavy atom. The summed E-state index contributed by atoms with van der Waals surface area (Å²) in [7, 11) is 0. The topological polar surface area (TPSA) is 72.6 Å². The molecule has 2 saturated carbocycles. The molecule has 2 aliphatic carbocycles. The Hall–Kier alpha value is -2.99. The van der Waals surface area contributed by atoms with Crippen LogP contribution in [-0.4, -0.2) is 16.2 Å².